The van der Waals surface area contributed by atoms with E-state index in [1.54, 1.807) is 0 Å². The molecule has 1 radical (unpaired) electrons. The van der Waals surface area contributed by atoms with Gasteiger partial charge >= 0.3 is 0 Å². The molecule has 0 aromatic carbocycles. The Balaban J connectivity index is 0.000000640. The van der Waals surface area contributed by atoms with Crippen LogP contribution in [-0.2, 0) is 39.8 Å². The average molecular weight is 198 g/mol. The van der Waals surface area contributed by atoms with Gasteiger partial charge in [-0.05, 0) is 14.0 Å². The van der Waals surface area contributed by atoms with Crippen molar-refractivity contribution in [1.82, 2.24) is 9.55 Å². The molecule has 47 valence electrons. The molecular weight excluding hydrogens is 189 g/mol. The number of aryl methyl sites for hydroxylation is 2. The number of hydrogen-bond acceptors (Lipinski definition) is 1. The predicted molar refractivity (Wildman–Crippen MR) is 31.5 cm³/mol. The van der Waals surface area contributed by atoms with E-state index in [4.69, 9.17) is 0 Å². The molecule has 0 bridgehead atoms. The van der Waals surface area contributed by atoms with E-state index in [0.29, 0.717) is 0 Å². The summed E-state index contributed by atoms with van der Waals surface area (Å²) in [5.41, 5.74) is 1.09. The Bertz CT molecular complexity index is 173. The Morgan fingerprint density at radius 1 is 1.44 bits per heavy atom. The molecule has 2 nitrogen and oxygen atoms in total. The van der Waals surface area contributed by atoms with Crippen LogP contribution in [0.3, 0.4) is 0 Å². The van der Waals surface area contributed by atoms with E-state index >= 15 is 0 Å². The Morgan fingerprint density at radius 3 is 2.11 bits per heavy atom. The molecule has 3 heteroatoms. The van der Waals surface area contributed by atoms with Crippen molar-refractivity contribution in [2.75, 3.05) is 0 Å². The van der Waals surface area contributed by atoms with E-state index in [-0.39, 0.29) is 32.7 Å². The molecule has 0 spiro atoms. The summed E-state index contributed by atoms with van der Waals surface area (Å²) in [7, 11) is 1.98. The zero-order valence-corrected chi connectivity index (χ0v) is 8.81. The summed E-state index contributed by atoms with van der Waals surface area (Å²) in [5.74, 6) is 1.02. The molecule has 0 aliphatic heterocycles. The molecule has 0 atom stereocenters. The molecule has 9 heavy (non-hydrogen) atoms. The van der Waals surface area contributed by atoms with Gasteiger partial charge in [-0.1, -0.05) is 18.4 Å². The summed E-state index contributed by atoms with van der Waals surface area (Å²) in [6, 6.07) is 0. The van der Waals surface area contributed by atoms with Crippen LogP contribution < -0.4 is 0 Å². The molecule has 0 aliphatic carbocycles. The fourth-order valence-corrected chi connectivity index (χ4v) is 0.555. The first-order valence-corrected chi connectivity index (χ1v) is 2.59. The van der Waals surface area contributed by atoms with Gasteiger partial charge in [-0.15, -0.1) is 6.20 Å². The minimum Gasteiger partial charge on any atom is -0.439 e. The number of nitrogens with zero attached hydrogens (tertiary/aromatic N) is 2. The van der Waals surface area contributed by atoms with E-state index in [2.05, 4.69) is 11.2 Å². The van der Waals surface area contributed by atoms with Gasteiger partial charge in [-0.2, -0.15) is 0 Å². The standard InChI is InChI=1S/C6H9N2.Y/c1-5-4-7-6(2)8(5)3;/h1-3H3;/q-1;. The predicted octanol–water partition coefficient (Wildman–Crippen LogP) is 0.835. The second-order valence-electron chi connectivity index (χ2n) is 1.92. The van der Waals surface area contributed by atoms with Crippen LogP contribution in [0.1, 0.15) is 11.5 Å². The van der Waals surface area contributed by atoms with Gasteiger partial charge < -0.3 is 9.55 Å². The van der Waals surface area contributed by atoms with Crippen molar-refractivity contribution in [3.8, 4) is 0 Å². The van der Waals surface area contributed by atoms with Gasteiger partial charge in [-0.25, -0.2) is 0 Å². The zero-order chi connectivity index (χ0) is 6.15. The smallest absolute Gasteiger partial charge is 0 e. The Kier molecular flexibility index (Phi) is 3.60. The van der Waals surface area contributed by atoms with Crippen LogP contribution in [0, 0.1) is 20.0 Å². The largest absolute Gasteiger partial charge is 0.439 e. The molecule has 0 saturated carbocycles. The van der Waals surface area contributed by atoms with Crippen molar-refractivity contribution >= 4 is 0 Å². The Hall–Kier alpha value is 0.314. The molecule has 0 fully saturated rings. The Labute approximate surface area is 80.5 Å². The van der Waals surface area contributed by atoms with Crippen LogP contribution in [-0.4, -0.2) is 9.55 Å². The maximum absolute atomic E-state index is 3.95. The normalized spacial score (nSPS) is 8.78. The summed E-state index contributed by atoms with van der Waals surface area (Å²) < 4.78 is 2.00. The minimum atomic E-state index is 0. The topological polar surface area (TPSA) is 17.8 Å². The summed E-state index contributed by atoms with van der Waals surface area (Å²) in [4.78, 5) is 3.95. The molecule has 1 aromatic rings. The van der Waals surface area contributed by atoms with E-state index in [1.807, 2.05) is 25.5 Å². The first-order valence-electron chi connectivity index (χ1n) is 2.59. The maximum atomic E-state index is 3.95. The Morgan fingerprint density at radius 2 is 2.00 bits per heavy atom. The van der Waals surface area contributed by atoms with Crippen molar-refractivity contribution in [1.29, 1.82) is 0 Å². The second-order valence-corrected chi connectivity index (χ2v) is 1.92. The first kappa shape index (κ1) is 9.31. The van der Waals surface area contributed by atoms with Crippen LogP contribution in [0.4, 0.5) is 0 Å². The maximum Gasteiger partial charge on any atom is 0 e. The fraction of sp³-hybridized carbons (Fsp3) is 0.500. The third kappa shape index (κ3) is 1.87. The summed E-state index contributed by atoms with van der Waals surface area (Å²) in [6.07, 6.45) is 2.85. The third-order valence-electron chi connectivity index (χ3n) is 1.37. The van der Waals surface area contributed by atoms with E-state index in [1.165, 1.54) is 0 Å². The van der Waals surface area contributed by atoms with E-state index in [9.17, 15) is 0 Å². The molecule has 1 aromatic heterocycles. The zero-order valence-electron chi connectivity index (χ0n) is 5.97. The average Bonchev–Trinajstić information content (AvgIpc) is 1.98. The van der Waals surface area contributed by atoms with Crippen molar-refractivity contribution in [2.24, 2.45) is 7.05 Å². The summed E-state index contributed by atoms with van der Waals surface area (Å²) in [5, 5.41) is 0. The van der Waals surface area contributed by atoms with E-state index in [0.717, 1.165) is 11.5 Å². The monoisotopic (exact) mass is 198 g/mol. The molecule has 0 N–H and O–H groups in total. The third-order valence-corrected chi connectivity index (χ3v) is 1.37. The van der Waals surface area contributed by atoms with Crippen LogP contribution in [0.15, 0.2) is 0 Å². The molecule has 0 aliphatic rings. The van der Waals surface area contributed by atoms with E-state index < -0.39 is 0 Å². The van der Waals surface area contributed by atoms with Crippen LogP contribution >= 0.6 is 0 Å². The van der Waals surface area contributed by atoms with Gasteiger partial charge in [-0.3, -0.25) is 0 Å². The molecule has 0 saturated heterocycles. The van der Waals surface area contributed by atoms with Crippen molar-refractivity contribution in [3.63, 3.8) is 0 Å². The van der Waals surface area contributed by atoms with Gasteiger partial charge in [0, 0.05) is 32.7 Å². The number of rotatable bonds is 0. The number of aromatic nitrogens is 2. The number of hydrogen-bond donors (Lipinski definition) is 0. The molecule has 1 rings (SSSR count). The van der Waals surface area contributed by atoms with Crippen LogP contribution in [0.25, 0.3) is 0 Å². The molecule has 1 heterocycles. The van der Waals surface area contributed by atoms with Crippen molar-refractivity contribution < 1.29 is 32.7 Å². The SMILES string of the molecule is Cc1[c-]nc(C)n1C.[Y]. The summed E-state index contributed by atoms with van der Waals surface area (Å²) in [6.45, 7) is 3.95. The van der Waals surface area contributed by atoms with Gasteiger partial charge in [0.2, 0.25) is 0 Å². The summed E-state index contributed by atoms with van der Waals surface area (Å²) >= 11 is 0. The molecule has 0 amide bonds. The number of imidazole rings is 1. The molecular formula is C6H9N2Y-. The van der Waals surface area contributed by atoms with Crippen LogP contribution in [0.2, 0.25) is 0 Å². The van der Waals surface area contributed by atoms with Gasteiger partial charge in [0.1, 0.15) is 0 Å². The second kappa shape index (κ2) is 3.47. The molecule has 0 unspecified atom stereocenters. The fourth-order valence-electron chi connectivity index (χ4n) is 0.555. The van der Waals surface area contributed by atoms with Crippen molar-refractivity contribution in [3.05, 3.63) is 17.7 Å². The van der Waals surface area contributed by atoms with Gasteiger partial charge in [0.25, 0.3) is 0 Å². The van der Waals surface area contributed by atoms with Gasteiger partial charge in [0.05, 0.1) is 0 Å². The van der Waals surface area contributed by atoms with Gasteiger partial charge in [0.15, 0.2) is 0 Å². The van der Waals surface area contributed by atoms with Crippen molar-refractivity contribution in [2.45, 2.75) is 13.8 Å². The van der Waals surface area contributed by atoms with Crippen LogP contribution in [0.5, 0.6) is 0 Å². The first-order chi connectivity index (χ1) is 3.72. The quantitative estimate of drug-likeness (QED) is 0.564. The minimum absolute atomic E-state index is 0.